The SMILES string of the molecule is CNCC(C)C(=O)NC1CCN(C(=O)CCc2ccccc2)CC1.Cl. The van der Waals surface area contributed by atoms with E-state index in [0.717, 1.165) is 32.4 Å². The van der Waals surface area contributed by atoms with E-state index in [0.29, 0.717) is 13.0 Å². The molecule has 2 rings (SSSR count). The third kappa shape index (κ3) is 7.04. The number of halogens is 1. The lowest BCUT2D eigenvalue weighted by Crippen LogP contribution is -2.48. The molecule has 0 aromatic heterocycles. The number of carbonyl (C=O) groups is 2. The van der Waals surface area contributed by atoms with Crippen molar-refractivity contribution in [3.63, 3.8) is 0 Å². The maximum Gasteiger partial charge on any atom is 0.224 e. The smallest absolute Gasteiger partial charge is 0.224 e. The van der Waals surface area contributed by atoms with Crippen molar-refractivity contribution in [1.82, 2.24) is 15.5 Å². The molecule has 1 fully saturated rings. The number of aryl methyl sites for hydroxylation is 1. The van der Waals surface area contributed by atoms with E-state index in [1.165, 1.54) is 5.56 Å². The Morgan fingerprint density at radius 2 is 1.84 bits per heavy atom. The number of nitrogens with zero attached hydrogens (tertiary/aromatic N) is 1. The van der Waals surface area contributed by atoms with Crippen LogP contribution in [0.1, 0.15) is 31.7 Å². The van der Waals surface area contributed by atoms with E-state index in [1.807, 2.05) is 37.1 Å². The lowest BCUT2D eigenvalue weighted by molar-refractivity contribution is -0.132. The van der Waals surface area contributed by atoms with Crippen LogP contribution in [0.3, 0.4) is 0 Å². The van der Waals surface area contributed by atoms with E-state index < -0.39 is 0 Å². The van der Waals surface area contributed by atoms with Crippen LogP contribution in [0, 0.1) is 5.92 Å². The molecule has 1 aromatic rings. The molecule has 1 heterocycles. The summed E-state index contributed by atoms with van der Waals surface area (Å²) in [5.41, 5.74) is 1.20. The highest BCUT2D eigenvalue weighted by Gasteiger charge is 2.24. The fraction of sp³-hybridized carbons (Fsp3) is 0.579. The molecule has 0 radical (unpaired) electrons. The summed E-state index contributed by atoms with van der Waals surface area (Å²) in [6.07, 6.45) is 3.03. The van der Waals surface area contributed by atoms with E-state index in [2.05, 4.69) is 22.8 Å². The molecule has 0 aliphatic carbocycles. The maximum atomic E-state index is 12.3. The van der Waals surface area contributed by atoms with Gasteiger partial charge in [-0.3, -0.25) is 9.59 Å². The number of hydrogen-bond acceptors (Lipinski definition) is 3. The van der Waals surface area contributed by atoms with E-state index in [4.69, 9.17) is 0 Å². The average Bonchev–Trinajstić information content (AvgIpc) is 2.61. The Kier molecular flexibility index (Phi) is 9.53. The van der Waals surface area contributed by atoms with Gasteiger partial charge in [0.15, 0.2) is 0 Å². The van der Waals surface area contributed by atoms with Gasteiger partial charge in [-0.05, 0) is 31.9 Å². The molecule has 0 bridgehead atoms. The summed E-state index contributed by atoms with van der Waals surface area (Å²) in [4.78, 5) is 26.3. The number of likely N-dealkylation sites (tertiary alicyclic amines) is 1. The lowest BCUT2D eigenvalue weighted by Gasteiger charge is -2.33. The fourth-order valence-corrected chi connectivity index (χ4v) is 3.07. The van der Waals surface area contributed by atoms with Crippen LogP contribution in [0.2, 0.25) is 0 Å². The van der Waals surface area contributed by atoms with Crippen molar-refractivity contribution >= 4 is 24.2 Å². The van der Waals surface area contributed by atoms with Gasteiger partial charge < -0.3 is 15.5 Å². The van der Waals surface area contributed by atoms with Crippen LogP contribution in [0.25, 0.3) is 0 Å². The van der Waals surface area contributed by atoms with Crippen LogP contribution in [0.4, 0.5) is 0 Å². The van der Waals surface area contributed by atoms with Gasteiger partial charge in [-0.2, -0.15) is 0 Å². The van der Waals surface area contributed by atoms with Crippen molar-refractivity contribution in [2.75, 3.05) is 26.7 Å². The Bertz CT molecular complexity index is 531. The second kappa shape index (κ2) is 11.1. The van der Waals surface area contributed by atoms with Crippen molar-refractivity contribution in [2.45, 2.75) is 38.6 Å². The summed E-state index contributed by atoms with van der Waals surface area (Å²) >= 11 is 0. The van der Waals surface area contributed by atoms with Crippen LogP contribution >= 0.6 is 12.4 Å². The highest BCUT2D eigenvalue weighted by Crippen LogP contribution is 2.13. The molecule has 1 unspecified atom stereocenters. The van der Waals surface area contributed by atoms with Gasteiger partial charge in [0.2, 0.25) is 11.8 Å². The molecule has 1 aromatic carbocycles. The van der Waals surface area contributed by atoms with E-state index in [1.54, 1.807) is 0 Å². The Hall–Kier alpha value is -1.59. The molecule has 5 nitrogen and oxygen atoms in total. The van der Waals surface area contributed by atoms with Crippen molar-refractivity contribution < 1.29 is 9.59 Å². The Labute approximate surface area is 157 Å². The Morgan fingerprint density at radius 3 is 2.44 bits per heavy atom. The predicted octanol–water partition coefficient (Wildman–Crippen LogP) is 2.00. The Morgan fingerprint density at radius 1 is 1.20 bits per heavy atom. The summed E-state index contributed by atoms with van der Waals surface area (Å²) in [7, 11) is 1.85. The zero-order valence-electron chi connectivity index (χ0n) is 15.2. The Balaban J connectivity index is 0.00000312. The van der Waals surface area contributed by atoms with Gasteiger partial charge in [-0.25, -0.2) is 0 Å². The van der Waals surface area contributed by atoms with Crippen LogP contribution < -0.4 is 10.6 Å². The normalized spacial score (nSPS) is 16.0. The minimum atomic E-state index is -0.0273. The van der Waals surface area contributed by atoms with E-state index in [-0.39, 0.29) is 36.2 Å². The molecule has 0 saturated carbocycles. The lowest BCUT2D eigenvalue weighted by atomic mass is 10.0. The molecule has 0 spiro atoms. The molecule has 2 amide bonds. The van der Waals surface area contributed by atoms with Crippen molar-refractivity contribution in [1.29, 1.82) is 0 Å². The van der Waals surface area contributed by atoms with Gasteiger partial charge >= 0.3 is 0 Å². The number of piperidine rings is 1. The number of benzene rings is 1. The van der Waals surface area contributed by atoms with Gasteiger partial charge in [-0.1, -0.05) is 37.3 Å². The quantitative estimate of drug-likeness (QED) is 0.774. The number of nitrogens with one attached hydrogen (secondary N) is 2. The third-order valence-corrected chi connectivity index (χ3v) is 4.62. The molecular weight excluding hydrogens is 338 g/mol. The predicted molar refractivity (Wildman–Crippen MR) is 103 cm³/mol. The van der Waals surface area contributed by atoms with Crippen LogP contribution in [-0.2, 0) is 16.0 Å². The molecule has 6 heteroatoms. The molecular formula is C19H30ClN3O2. The number of hydrogen-bond donors (Lipinski definition) is 2. The first-order valence-corrected chi connectivity index (χ1v) is 8.87. The van der Waals surface area contributed by atoms with Gasteiger partial charge in [0, 0.05) is 38.0 Å². The van der Waals surface area contributed by atoms with Gasteiger partial charge in [-0.15, -0.1) is 12.4 Å². The van der Waals surface area contributed by atoms with Gasteiger partial charge in [0.25, 0.3) is 0 Å². The largest absolute Gasteiger partial charge is 0.353 e. The molecule has 1 aliphatic heterocycles. The molecule has 25 heavy (non-hydrogen) atoms. The first-order valence-electron chi connectivity index (χ1n) is 8.87. The monoisotopic (exact) mass is 367 g/mol. The molecule has 140 valence electrons. The summed E-state index contributed by atoms with van der Waals surface area (Å²) in [5, 5.41) is 6.13. The summed E-state index contributed by atoms with van der Waals surface area (Å²) in [6.45, 7) is 4.08. The van der Waals surface area contributed by atoms with E-state index in [9.17, 15) is 9.59 Å². The minimum absolute atomic E-state index is 0. The zero-order chi connectivity index (χ0) is 17.4. The first kappa shape index (κ1) is 21.5. The van der Waals surface area contributed by atoms with Crippen molar-refractivity contribution in [2.24, 2.45) is 5.92 Å². The zero-order valence-corrected chi connectivity index (χ0v) is 16.0. The molecule has 1 saturated heterocycles. The highest BCUT2D eigenvalue weighted by molar-refractivity contribution is 5.85. The summed E-state index contributed by atoms with van der Waals surface area (Å²) in [6, 6.07) is 10.3. The maximum absolute atomic E-state index is 12.3. The van der Waals surface area contributed by atoms with Gasteiger partial charge in [0.1, 0.15) is 0 Å². The van der Waals surface area contributed by atoms with Crippen LogP contribution in [0.15, 0.2) is 30.3 Å². The molecule has 1 atom stereocenters. The average molecular weight is 368 g/mol. The molecule has 1 aliphatic rings. The topological polar surface area (TPSA) is 61.4 Å². The van der Waals surface area contributed by atoms with Crippen LogP contribution in [0.5, 0.6) is 0 Å². The number of amides is 2. The van der Waals surface area contributed by atoms with Gasteiger partial charge in [0.05, 0.1) is 0 Å². The second-order valence-corrected chi connectivity index (χ2v) is 6.61. The van der Waals surface area contributed by atoms with E-state index >= 15 is 0 Å². The number of rotatable bonds is 7. The van der Waals surface area contributed by atoms with Crippen molar-refractivity contribution in [3.8, 4) is 0 Å². The first-order chi connectivity index (χ1) is 11.6. The van der Waals surface area contributed by atoms with Crippen molar-refractivity contribution in [3.05, 3.63) is 35.9 Å². The summed E-state index contributed by atoms with van der Waals surface area (Å²) in [5.74, 6) is 0.283. The standard InChI is InChI=1S/C19H29N3O2.ClH/c1-15(14-20-2)19(24)21-17-10-12-22(13-11-17)18(23)9-8-16-6-4-3-5-7-16;/h3-7,15,17,20H,8-14H2,1-2H3,(H,21,24);1H. The third-order valence-electron chi connectivity index (χ3n) is 4.62. The fourth-order valence-electron chi connectivity index (χ4n) is 3.07. The highest BCUT2D eigenvalue weighted by atomic mass is 35.5. The van der Waals surface area contributed by atoms with Crippen LogP contribution in [-0.4, -0.2) is 49.4 Å². The minimum Gasteiger partial charge on any atom is -0.353 e. The summed E-state index contributed by atoms with van der Waals surface area (Å²) < 4.78 is 0. The second-order valence-electron chi connectivity index (χ2n) is 6.61. The molecule has 2 N–H and O–H groups in total. The number of carbonyl (C=O) groups excluding carboxylic acids is 2.